The number of hydrogen-bond donors (Lipinski definition) is 2. The second kappa shape index (κ2) is 9.53. The van der Waals surface area contributed by atoms with E-state index in [-0.39, 0.29) is 6.10 Å². The zero-order chi connectivity index (χ0) is 18.4. The van der Waals surface area contributed by atoms with Crippen LogP contribution in [0.15, 0.2) is 48.5 Å². The zero-order valence-electron chi connectivity index (χ0n) is 14.3. The average Bonchev–Trinajstić information content (AvgIpc) is 2.60. The van der Waals surface area contributed by atoms with Gasteiger partial charge in [-0.05, 0) is 36.0 Å². The Morgan fingerprint density at radius 1 is 1.15 bits per heavy atom. The van der Waals surface area contributed by atoms with Crippen LogP contribution in [0.25, 0.3) is 0 Å². The van der Waals surface area contributed by atoms with E-state index in [4.69, 9.17) is 40.2 Å². The topological polar surface area (TPSA) is 36.5 Å². The maximum absolute atomic E-state index is 6.00. The lowest BCUT2D eigenvalue weighted by atomic mass is 10.2. The summed E-state index contributed by atoms with van der Waals surface area (Å²) in [5.41, 5.74) is 2.08. The first-order valence-corrected chi connectivity index (χ1v) is 9.64. The largest absolute Gasteiger partial charge is 0.374 e. The molecule has 2 aromatic rings. The van der Waals surface area contributed by atoms with E-state index >= 15 is 0 Å². The molecule has 0 amide bonds. The van der Waals surface area contributed by atoms with Crippen molar-refractivity contribution in [2.24, 2.45) is 0 Å². The van der Waals surface area contributed by atoms with Gasteiger partial charge in [0.25, 0.3) is 0 Å². The summed E-state index contributed by atoms with van der Waals surface area (Å²) in [6.07, 6.45) is 0.0927. The van der Waals surface area contributed by atoms with E-state index < -0.39 is 0 Å². The molecule has 1 aliphatic rings. The lowest BCUT2D eigenvalue weighted by Gasteiger charge is -2.33. The minimum Gasteiger partial charge on any atom is -0.374 e. The van der Waals surface area contributed by atoms with Crippen LogP contribution in [0.1, 0.15) is 5.56 Å². The van der Waals surface area contributed by atoms with Gasteiger partial charge in [0.05, 0.1) is 12.7 Å². The fraction of sp³-hybridized carbons (Fsp3) is 0.316. The number of morpholine rings is 1. The third-order valence-electron chi connectivity index (χ3n) is 4.08. The van der Waals surface area contributed by atoms with Gasteiger partial charge in [-0.1, -0.05) is 53.5 Å². The second-order valence-corrected chi connectivity index (χ2v) is 7.49. The van der Waals surface area contributed by atoms with Crippen molar-refractivity contribution in [3.8, 4) is 0 Å². The molecule has 7 heteroatoms. The Hall–Kier alpha value is -1.37. The Kier molecular flexibility index (Phi) is 7.11. The highest BCUT2D eigenvalue weighted by atomic mass is 35.5. The molecule has 2 N–H and O–H groups in total. The number of rotatable bonds is 5. The molecule has 0 aromatic heterocycles. The molecule has 0 bridgehead atoms. The van der Waals surface area contributed by atoms with Gasteiger partial charge in [-0.2, -0.15) is 0 Å². The summed E-state index contributed by atoms with van der Waals surface area (Å²) >= 11 is 17.4. The molecule has 4 nitrogen and oxygen atoms in total. The van der Waals surface area contributed by atoms with Crippen molar-refractivity contribution in [2.75, 3.05) is 31.6 Å². The van der Waals surface area contributed by atoms with Crippen molar-refractivity contribution in [1.29, 1.82) is 0 Å². The standard InChI is InChI=1S/C19H21Cl2N3OS/c20-15-8-16(21)10-17(9-15)23-19(26)22-11-18-13-24(6-7-25-18)12-14-4-2-1-3-5-14/h1-5,8-10,18H,6-7,11-13H2,(H2,22,23,26)/t18-/m0/s1. The van der Waals surface area contributed by atoms with Crippen molar-refractivity contribution in [2.45, 2.75) is 12.6 Å². The van der Waals surface area contributed by atoms with Gasteiger partial charge in [0, 0.05) is 41.9 Å². The van der Waals surface area contributed by atoms with Gasteiger partial charge in [0.15, 0.2) is 5.11 Å². The molecule has 1 fully saturated rings. The first kappa shape index (κ1) is 19.4. The first-order chi connectivity index (χ1) is 12.6. The normalized spacial score (nSPS) is 17.7. The van der Waals surface area contributed by atoms with Crippen LogP contribution < -0.4 is 10.6 Å². The molecule has 1 atom stereocenters. The van der Waals surface area contributed by atoms with Gasteiger partial charge in [-0.3, -0.25) is 4.90 Å². The minimum absolute atomic E-state index is 0.0927. The summed E-state index contributed by atoms with van der Waals surface area (Å²) in [6.45, 7) is 4.11. The van der Waals surface area contributed by atoms with E-state index in [2.05, 4.69) is 39.8 Å². The number of halogens is 2. The van der Waals surface area contributed by atoms with E-state index in [0.29, 0.717) is 21.7 Å². The molecule has 3 rings (SSSR count). The Balaban J connectivity index is 1.45. The van der Waals surface area contributed by atoms with Crippen LogP contribution in [-0.4, -0.2) is 42.4 Å². The molecule has 1 aliphatic heterocycles. The van der Waals surface area contributed by atoms with Gasteiger partial charge < -0.3 is 15.4 Å². The molecule has 0 radical (unpaired) electrons. The van der Waals surface area contributed by atoms with Crippen molar-refractivity contribution in [3.63, 3.8) is 0 Å². The molecule has 0 unspecified atom stereocenters. The highest BCUT2D eigenvalue weighted by Crippen LogP contribution is 2.22. The van der Waals surface area contributed by atoms with Gasteiger partial charge in [0.1, 0.15) is 0 Å². The highest BCUT2D eigenvalue weighted by molar-refractivity contribution is 7.80. The van der Waals surface area contributed by atoms with Crippen LogP contribution in [0.3, 0.4) is 0 Å². The highest BCUT2D eigenvalue weighted by Gasteiger charge is 2.20. The molecular weight excluding hydrogens is 389 g/mol. The van der Waals surface area contributed by atoms with Crippen molar-refractivity contribution < 1.29 is 4.74 Å². The van der Waals surface area contributed by atoms with Gasteiger partial charge in [-0.25, -0.2) is 0 Å². The Morgan fingerprint density at radius 3 is 2.62 bits per heavy atom. The van der Waals surface area contributed by atoms with Crippen molar-refractivity contribution in [3.05, 3.63) is 64.1 Å². The van der Waals surface area contributed by atoms with Crippen LogP contribution in [0.4, 0.5) is 5.69 Å². The Morgan fingerprint density at radius 2 is 1.88 bits per heavy atom. The predicted molar refractivity (Wildman–Crippen MR) is 112 cm³/mol. The number of anilines is 1. The number of ether oxygens (including phenoxy) is 1. The quantitative estimate of drug-likeness (QED) is 0.724. The molecule has 0 spiro atoms. The maximum atomic E-state index is 6.00. The minimum atomic E-state index is 0.0927. The summed E-state index contributed by atoms with van der Waals surface area (Å²) < 4.78 is 5.85. The second-order valence-electron chi connectivity index (χ2n) is 6.21. The van der Waals surface area contributed by atoms with Gasteiger partial charge in [-0.15, -0.1) is 0 Å². The molecule has 1 heterocycles. The van der Waals surface area contributed by atoms with E-state index in [1.807, 2.05) is 6.07 Å². The third-order valence-corrected chi connectivity index (χ3v) is 4.77. The van der Waals surface area contributed by atoms with Crippen molar-refractivity contribution >= 4 is 46.2 Å². The van der Waals surface area contributed by atoms with E-state index in [1.54, 1.807) is 18.2 Å². The maximum Gasteiger partial charge on any atom is 0.170 e. The molecule has 2 aromatic carbocycles. The summed E-state index contributed by atoms with van der Waals surface area (Å²) in [7, 11) is 0. The third kappa shape index (κ3) is 6.11. The monoisotopic (exact) mass is 409 g/mol. The summed E-state index contributed by atoms with van der Waals surface area (Å²) in [4.78, 5) is 2.40. The van der Waals surface area contributed by atoms with Gasteiger partial charge >= 0.3 is 0 Å². The van der Waals surface area contributed by atoms with Crippen LogP contribution in [0.5, 0.6) is 0 Å². The lowest BCUT2D eigenvalue weighted by Crippen LogP contribution is -2.47. The SMILES string of the molecule is S=C(NC[C@H]1CN(Cc2ccccc2)CCO1)Nc1cc(Cl)cc(Cl)c1. The van der Waals surface area contributed by atoms with Gasteiger partial charge in [0.2, 0.25) is 0 Å². The fourth-order valence-electron chi connectivity index (χ4n) is 2.90. The molecule has 26 heavy (non-hydrogen) atoms. The van der Waals surface area contributed by atoms with Crippen LogP contribution >= 0.6 is 35.4 Å². The molecular formula is C19H21Cl2N3OS. The number of benzene rings is 2. The van der Waals surface area contributed by atoms with Crippen LogP contribution in [0, 0.1) is 0 Å². The van der Waals surface area contributed by atoms with E-state index in [1.165, 1.54) is 5.56 Å². The Labute approximate surface area is 169 Å². The smallest absolute Gasteiger partial charge is 0.170 e. The lowest BCUT2D eigenvalue weighted by molar-refractivity contribution is -0.0279. The predicted octanol–water partition coefficient (Wildman–Crippen LogP) is 4.18. The molecule has 1 saturated heterocycles. The van der Waals surface area contributed by atoms with E-state index in [9.17, 15) is 0 Å². The number of nitrogens with one attached hydrogen (secondary N) is 2. The average molecular weight is 410 g/mol. The number of hydrogen-bond acceptors (Lipinski definition) is 3. The summed E-state index contributed by atoms with van der Waals surface area (Å²) in [5, 5.41) is 7.95. The molecule has 0 saturated carbocycles. The fourth-order valence-corrected chi connectivity index (χ4v) is 3.62. The number of thiocarbonyl (C=S) groups is 1. The van der Waals surface area contributed by atoms with Crippen LogP contribution in [0.2, 0.25) is 10.0 Å². The molecule has 0 aliphatic carbocycles. The Bertz CT molecular complexity index is 725. The number of nitrogens with zero attached hydrogens (tertiary/aromatic N) is 1. The first-order valence-electron chi connectivity index (χ1n) is 8.47. The zero-order valence-corrected chi connectivity index (χ0v) is 16.6. The summed E-state index contributed by atoms with van der Waals surface area (Å²) in [5.74, 6) is 0. The van der Waals surface area contributed by atoms with E-state index in [0.717, 1.165) is 31.9 Å². The summed E-state index contributed by atoms with van der Waals surface area (Å²) in [6, 6.07) is 15.7. The van der Waals surface area contributed by atoms with Crippen LogP contribution in [-0.2, 0) is 11.3 Å². The molecule has 138 valence electrons. The van der Waals surface area contributed by atoms with Crippen molar-refractivity contribution in [1.82, 2.24) is 10.2 Å².